The molecular formula is C15H18BrN3O2. The van der Waals surface area contributed by atoms with Gasteiger partial charge in [-0.05, 0) is 31.2 Å². The number of ether oxygens (including phenoxy) is 1. The van der Waals surface area contributed by atoms with Gasteiger partial charge in [0, 0.05) is 16.1 Å². The van der Waals surface area contributed by atoms with Gasteiger partial charge in [0.25, 0.3) is 0 Å². The molecule has 112 valence electrons. The van der Waals surface area contributed by atoms with Crippen LogP contribution < -0.4 is 5.32 Å². The molecule has 5 nitrogen and oxygen atoms in total. The highest BCUT2D eigenvalue weighted by Crippen LogP contribution is 2.30. The minimum absolute atomic E-state index is 0.121. The van der Waals surface area contributed by atoms with Crippen LogP contribution in [0.2, 0.25) is 0 Å². The van der Waals surface area contributed by atoms with E-state index in [2.05, 4.69) is 38.3 Å². The fourth-order valence-electron chi connectivity index (χ4n) is 2.56. The Morgan fingerprint density at radius 3 is 3.00 bits per heavy atom. The molecule has 0 amide bonds. The molecule has 1 fully saturated rings. The number of nitrogens with zero attached hydrogens (tertiary/aromatic N) is 2. The van der Waals surface area contributed by atoms with Crippen molar-refractivity contribution in [2.75, 3.05) is 19.8 Å². The van der Waals surface area contributed by atoms with Crippen LogP contribution in [0.1, 0.15) is 24.3 Å². The van der Waals surface area contributed by atoms with Gasteiger partial charge in [-0.25, -0.2) is 0 Å². The summed E-state index contributed by atoms with van der Waals surface area (Å²) >= 11 is 3.55. The molecule has 1 aromatic heterocycles. The second kappa shape index (κ2) is 6.25. The summed E-state index contributed by atoms with van der Waals surface area (Å²) in [7, 11) is 0. The van der Waals surface area contributed by atoms with Crippen molar-refractivity contribution in [3.05, 3.63) is 34.1 Å². The Morgan fingerprint density at radius 1 is 1.38 bits per heavy atom. The molecule has 0 radical (unpaired) electrons. The predicted molar refractivity (Wildman–Crippen MR) is 83.2 cm³/mol. The van der Waals surface area contributed by atoms with Crippen LogP contribution in [0.25, 0.3) is 11.4 Å². The summed E-state index contributed by atoms with van der Waals surface area (Å²) in [5.74, 6) is 1.37. The van der Waals surface area contributed by atoms with Gasteiger partial charge in [-0.15, -0.1) is 0 Å². The van der Waals surface area contributed by atoms with Crippen LogP contribution in [-0.2, 0) is 4.74 Å². The van der Waals surface area contributed by atoms with Gasteiger partial charge in [-0.3, -0.25) is 0 Å². The van der Waals surface area contributed by atoms with E-state index in [0.29, 0.717) is 24.9 Å². The fraction of sp³-hybridized carbons (Fsp3) is 0.467. The van der Waals surface area contributed by atoms with E-state index in [0.717, 1.165) is 16.6 Å². The molecular weight excluding hydrogens is 334 g/mol. The number of aromatic nitrogens is 2. The van der Waals surface area contributed by atoms with E-state index in [4.69, 9.17) is 9.26 Å². The summed E-state index contributed by atoms with van der Waals surface area (Å²) in [4.78, 5) is 4.56. The van der Waals surface area contributed by atoms with E-state index in [9.17, 15) is 0 Å². The Hall–Kier alpha value is -1.24. The fourth-order valence-corrected chi connectivity index (χ4v) is 3.23. The van der Waals surface area contributed by atoms with Gasteiger partial charge in [0.2, 0.25) is 11.7 Å². The van der Waals surface area contributed by atoms with Gasteiger partial charge in [0.1, 0.15) is 0 Å². The lowest BCUT2D eigenvalue weighted by Gasteiger charge is -2.13. The Bertz CT molecular complexity index is 629. The largest absolute Gasteiger partial charge is 0.379 e. The first-order chi connectivity index (χ1) is 10.2. The topological polar surface area (TPSA) is 60.2 Å². The lowest BCUT2D eigenvalue weighted by Crippen LogP contribution is -2.34. The molecule has 6 heteroatoms. The number of halogens is 1. The van der Waals surface area contributed by atoms with Gasteiger partial charge >= 0.3 is 0 Å². The molecule has 3 rings (SSSR count). The van der Waals surface area contributed by atoms with Gasteiger partial charge in [0.15, 0.2) is 0 Å². The molecule has 1 aromatic carbocycles. The highest BCUT2D eigenvalue weighted by Gasteiger charge is 2.33. The average molecular weight is 352 g/mol. The lowest BCUT2D eigenvalue weighted by molar-refractivity contribution is 0.185. The first-order valence-corrected chi connectivity index (χ1v) is 7.89. The van der Waals surface area contributed by atoms with Crippen molar-refractivity contribution in [1.29, 1.82) is 0 Å². The number of hydrogen-bond donors (Lipinski definition) is 1. The molecule has 2 atom stereocenters. The molecule has 1 aliphatic rings. The highest BCUT2D eigenvalue weighted by atomic mass is 79.9. The number of aryl methyl sites for hydroxylation is 1. The predicted octanol–water partition coefficient (Wildman–Crippen LogP) is 2.90. The van der Waals surface area contributed by atoms with Crippen molar-refractivity contribution in [1.82, 2.24) is 15.5 Å². The molecule has 2 aromatic rings. The van der Waals surface area contributed by atoms with E-state index >= 15 is 0 Å². The van der Waals surface area contributed by atoms with Gasteiger partial charge in [-0.1, -0.05) is 34.1 Å². The third-order valence-corrected chi connectivity index (χ3v) is 4.33. The summed E-state index contributed by atoms with van der Waals surface area (Å²) < 4.78 is 12.0. The third kappa shape index (κ3) is 3.02. The summed E-state index contributed by atoms with van der Waals surface area (Å²) in [5.41, 5.74) is 2.13. The number of benzene rings is 1. The van der Waals surface area contributed by atoms with Gasteiger partial charge in [0.05, 0.1) is 19.1 Å². The van der Waals surface area contributed by atoms with E-state index in [1.54, 1.807) is 0 Å². The number of rotatable bonds is 4. The highest BCUT2D eigenvalue weighted by molar-refractivity contribution is 9.10. The minimum atomic E-state index is 0.121. The van der Waals surface area contributed by atoms with Crippen LogP contribution in [0, 0.1) is 6.92 Å². The smallest absolute Gasteiger partial charge is 0.234 e. The first kappa shape index (κ1) is 14.7. The van der Waals surface area contributed by atoms with Crippen LogP contribution in [0.4, 0.5) is 0 Å². The zero-order chi connectivity index (χ0) is 14.8. The monoisotopic (exact) mass is 351 g/mol. The van der Waals surface area contributed by atoms with Crippen LogP contribution in [0.15, 0.2) is 27.2 Å². The minimum Gasteiger partial charge on any atom is -0.379 e. The van der Waals surface area contributed by atoms with Crippen LogP contribution in [0.5, 0.6) is 0 Å². The Kier molecular flexibility index (Phi) is 4.37. The Morgan fingerprint density at radius 2 is 2.24 bits per heavy atom. The summed E-state index contributed by atoms with van der Waals surface area (Å²) in [5, 5.41) is 7.52. The molecule has 0 aliphatic carbocycles. The van der Waals surface area contributed by atoms with Crippen molar-refractivity contribution in [2.24, 2.45) is 0 Å². The zero-order valence-corrected chi connectivity index (χ0v) is 13.7. The lowest BCUT2D eigenvalue weighted by atomic mass is 10.0. The van der Waals surface area contributed by atoms with E-state index in [-0.39, 0.29) is 12.0 Å². The molecule has 2 unspecified atom stereocenters. The molecule has 0 saturated carbocycles. The van der Waals surface area contributed by atoms with Crippen LogP contribution >= 0.6 is 15.9 Å². The van der Waals surface area contributed by atoms with Crippen molar-refractivity contribution >= 4 is 15.9 Å². The SMILES string of the molecule is CCNC1COCC1c1nc(-c2ccc(C)cc2Br)no1. The second-order valence-corrected chi connectivity index (χ2v) is 6.10. The standard InChI is InChI=1S/C15H18BrN3O2/c1-3-17-13-8-20-7-11(13)15-18-14(19-21-15)10-5-4-9(2)6-12(10)16/h4-6,11,13,17H,3,7-8H2,1-2H3. The summed E-state index contributed by atoms with van der Waals surface area (Å²) in [6.07, 6.45) is 0. The molecule has 21 heavy (non-hydrogen) atoms. The Labute approximate surface area is 132 Å². The maximum Gasteiger partial charge on any atom is 0.234 e. The first-order valence-electron chi connectivity index (χ1n) is 7.10. The molecule has 1 saturated heterocycles. The van der Waals surface area contributed by atoms with E-state index in [1.807, 2.05) is 25.1 Å². The van der Waals surface area contributed by atoms with E-state index in [1.165, 1.54) is 5.56 Å². The zero-order valence-electron chi connectivity index (χ0n) is 12.1. The second-order valence-electron chi connectivity index (χ2n) is 5.25. The van der Waals surface area contributed by atoms with Crippen molar-refractivity contribution in [3.8, 4) is 11.4 Å². The van der Waals surface area contributed by atoms with Gasteiger partial charge in [-0.2, -0.15) is 4.98 Å². The molecule has 1 N–H and O–H groups in total. The van der Waals surface area contributed by atoms with Crippen molar-refractivity contribution in [3.63, 3.8) is 0 Å². The van der Waals surface area contributed by atoms with Crippen molar-refractivity contribution < 1.29 is 9.26 Å². The Balaban J connectivity index is 1.86. The molecule has 0 bridgehead atoms. The van der Waals surface area contributed by atoms with E-state index < -0.39 is 0 Å². The van der Waals surface area contributed by atoms with Gasteiger partial charge < -0.3 is 14.6 Å². The number of hydrogen-bond acceptors (Lipinski definition) is 5. The van der Waals surface area contributed by atoms with Crippen molar-refractivity contribution in [2.45, 2.75) is 25.8 Å². The maximum atomic E-state index is 5.53. The maximum absolute atomic E-state index is 5.53. The van der Waals surface area contributed by atoms with Crippen LogP contribution in [-0.4, -0.2) is 35.9 Å². The normalized spacial score (nSPS) is 21.9. The molecule has 2 heterocycles. The number of nitrogens with one attached hydrogen (secondary N) is 1. The average Bonchev–Trinajstić information content (AvgIpc) is 3.07. The van der Waals surface area contributed by atoms with Crippen LogP contribution in [0.3, 0.4) is 0 Å². The molecule has 1 aliphatic heterocycles. The third-order valence-electron chi connectivity index (χ3n) is 3.67. The summed E-state index contributed by atoms with van der Waals surface area (Å²) in [6, 6.07) is 6.33. The number of likely N-dealkylation sites (N-methyl/N-ethyl adjacent to an activating group) is 1. The quantitative estimate of drug-likeness (QED) is 0.917. The summed E-state index contributed by atoms with van der Waals surface area (Å²) in [6.45, 7) is 6.33. The molecule has 0 spiro atoms.